The lowest BCUT2D eigenvalue weighted by Crippen LogP contribution is -2.31. The molecule has 0 spiro atoms. The topological polar surface area (TPSA) is 77.8 Å². The van der Waals surface area contributed by atoms with Crippen LogP contribution >= 0.6 is 11.6 Å². The lowest BCUT2D eigenvalue weighted by molar-refractivity contribution is -0.141. The van der Waals surface area contributed by atoms with Gasteiger partial charge < -0.3 is 14.6 Å². The number of carbonyl (C=O) groups is 1. The van der Waals surface area contributed by atoms with Gasteiger partial charge >= 0.3 is 12.6 Å². The fraction of sp³-hybridized carbons (Fsp3) is 0.182. The maximum atomic E-state index is 12.9. The molecule has 1 atom stereocenters. The monoisotopic (exact) mass is 449 g/mol. The summed E-state index contributed by atoms with van der Waals surface area (Å²) in [6.45, 7) is -3.09. The quantitative estimate of drug-likeness (QED) is 0.541. The van der Waals surface area contributed by atoms with Crippen LogP contribution in [-0.4, -0.2) is 29.4 Å². The van der Waals surface area contributed by atoms with E-state index in [-0.39, 0.29) is 34.1 Å². The van der Waals surface area contributed by atoms with Crippen molar-refractivity contribution in [3.63, 3.8) is 0 Å². The van der Waals surface area contributed by atoms with Gasteiger partial charge in [0.1, 0.15) is 17.5 Å². The zero-order valence-corrected chi connectivity index (χ0v) is 17.1. The highest BCUT2D eigenvalue weighted by Crippen LogP contribution is 2.38. The third-order valence-electron chi connectivity index (χ3n) is 4.60. The Hall–Kier alpha value is -3.39. The molecule has 9 heteroatoms. The summed E-state index contributed by atoms with van der Waals surface area (Å²) in [5, 5.41) is 9.95. The van der Waals surface area contributed by atoms with Crippen molar-refractivity contribution in [1.82, 2.24) is 4.57 Å². The van der Waals surface area contributed by atoms with Crippen molar-refractivity contribution in [2.24, 2.45) is 0 Å². The van der Waals surface area contributed by atoms with Gasteiger partial charge in [-0.05, 0) is 23.8 Å². The molecule has 1 unspecified atom stereocenters. The normalized spacial score (nSPS) is 11.9. The molecule has 0 aliphatic carbocycles. The molecule has 1 N–H and O–H groups in total. The van der Waals surface area contributed by atoms with E-state index in [0.29, 0.717) is 0 Å². The van der Waals surface area contributed by atoms with Gasteiger partial charge in [0.05, 0.1) is 13.3 Å². The minimum absolute atomic E-state index is 0.0650. The standard InChI is InChI=1S/C22H18ClF2NO5/c1-30-19-12-26(17(21(28)29)9-13-5-3-2-4-6-13)20(27)11-16(19)15-10-14(23)7-8-18(15)31-22(24)25/h2-8,10-12,17,22H,9H2,1H3,(H,28,29). The van der Waals surface area contributed by atoms with Crippen LogP contribution in [0.1, 0.15) is 11.6 Å². The predicted octanol–water partition coefficient (Wildman–Crippen LogP) is 4.65. The second kappa shape index (κ2) is 9.61. The second-order valence-corrected chi connectivity index (χ2v) is 7.00. The Morgan fingerprint density at radius 1 is 1.10 bits per heavy atom. The molecule has 0 fully saturated rings. The highest BCUT2D eigenvalue weighted by molar-refractivity contribution is 6.31. The fourth-order valence-corrected chi connectivity index (χ4v) is 3.37. The Morgan fingerprint density at radius 3 is 2.39 bits per heavy atom. The van der Waals surface area contributed by atoms with E-state index in [1.807, 2.05) is 0 Å². The Kier molecular flexibility index (Phi) is 6.91. The first kappa shape index (κ1) is 22.3. The average molecular weight is 450 g/mol. The number of aliphatic carboxylic acids is 1. The predicted molar refractivity (Wildman–Crippen MR) is 111 cm³/mol. The number of halogens is 3. The maximum absolute atomic E-state index is 12.9. The molecule has 0 amide bonds. The maximum Gasteiger partial charge on any atom is 0.387 e. The summed E-state index contributed by atoms with van der Waals surface area (Å²) >= 11 is 6.01. The first-order valence-electron chi connectivity index (χ1n) is 9.11. The van der Waals surface area contributed by atoms with Crippen LogP contribution in [0.3, 0.4) is 0 Å². The van der Waals surface area contributed by atoms with Crippen LogP contribution in [0.2, 0.25) is 5.02 Å². The van der Waals surface area contributed by atoms with Crippen LogP contribution in [-0.2, 0) is 11.2 Å². The number of nitrogens with zero attached hydrogens (tertiary/aromatic N) is 1. The molecule has 0 radical (unpaired) electrons. The van der Waals surface area contributed by atoms with E-state index >= 15 is 0 Å². The fourth-order valence-electron chi connectivity index (χ4n) is 3.20. The van der Waals surface area contributed by atoms with Gasteiger partial charge in [-0.2, -0.15) is 8.78 Å². The number of hydrogen-bond donors (Lipinski definition) is 1. The van der Waals surface area contributed by atoms with Crippen LogP contribution in [0.4, 0.5) is 8.78 Å². The lowest BCUT2D eigenvalue weighted by atomic mass is 10.0. The molecule has 0 saturated heterocycles. The number of carboxylic acids is 1. The number of benzene rings is 2. The van der Waals surface area contributed by atoms with Gasteiger partial charge in [-0.3, -0.25) is 9.36 Å². The molecular weight excluding hydrogens is 432 g/mol. The first-order valence-corrected chi connectivity index (χ1v) is 9.49. The van der Waals surface area contributed by atoms with Gasteiger partial charge in [0.2, 0.25) is 0 Å². The van der Waals surface area contributed by atoms with Crippen LogP contribution in [0, 0.1) is 0 Å². The van der Waals surface area contributed by atoms with E-state index in [4.69, 9.17) is 16.3 Å². The Balaban J connectivity index is 2.11. The summed E-state index contributed by atoms with van der Waals surface area (Å²) in [6.07, 6.45) is 1.31. The van der Waals surface area contributed by atoms with Gasteiger partial charge in [0, 0.05) is 28.6 Å². The van der Waals surface area contributed by atoms with Gasteiger partial charge in [0.25, 0.3) is 5.56 Å². The van der Waals surface area contributed by atoms with E-state index in [1.165, 1.54) is 31.5 Å². The summed E-state index contributed by atoms with van der Waals surface area (Å²) in [6, 6.07) is 12.7. The van der Waals surface area contributed by atoms with E-state index in [9.17, 15) is 23.5 Å². The molecule has 0 aliphatic rings. The zero-order chi connectivity index (χ0) is 22.5. The van der Waals surface area contributed by atoms with Crippen molar-refractivity contribution >= 4 is 17.6 Å². The first-order chi connectivity index (χ1) is 14.8. The molecular formula is C22H18ClF2NO5. The molecule has 162 valence electrons. The Morgan fingerprint density at radius 2 is 1.77 bits per heavy atom. The molecule has 0 saturated carbocycles. The van der Waals surface area contributed by atoms with Gasteiger partial charge in [-0.15, -0.1) is 0 Å². The van der Waals surface area contributed by atoms with Crippen molar-refractivity contribution in [1.29, 1.82) is 0 Å². The molecule has 3 aromatic rings. The third-order valence-corrected chi connectivity index (χ3v) is 4.84. The molecule has 0 aliphatic heterocycles. The summed E-state index contributed by atoms with van der Waals surface area (Å²) < 4.78 is 36.6. The van der Waals surface area contributed by atoms with Crippen LogP contribution in [0.15, 0.2) is 65.6 Å². The lowest BCUT2D eigenvalue weighted by Gasteiger charge is -2.19. The summed E-state index contributed by atoms with van der Waals surface area (Å²) in [5.41, 5.74) is 0.337. The van der Waals surface area contributed by atoms with Crippen molar-refractivity contribution in [3.8, 4) is 22.6 Å². The van der Waals surface area contributed by atoms with E-state index in [0.717, 1.165) is 16.2 Å². The molecule has 1 heterocycles. The van der Waals surface area contributed by atoms with Crippen molar-refractivity contribution in [2.75, 3.05) is 7.11 Å². The summed E-state index contributed by atoms with van der Waals surface area (Å²) in [4.78, 5) is 24.8. The number of ether oxygens (including phenoxy) is 2. The largest absolute Gasteiger partial charge is 0.495 e. The number of carboxylic acid groups (broad SMARTS) is 1. The van der Waals surface area contributed by atoms with Crippen molar-refractivity contribution in [2.45, 2.75) is 19.1 Å². The van der Waals surface area contributed by atoms with Crippen molar-refractivity contribution in [3.05, 3.63) is 81.7 Å². The number of aromatic nitrogens is 1. The summed E-state index contributed by atoms with van der Waals surface area (Å²) in [5.74, 6) is -1.31. The third kappa shape index (κ3) is 5.21. The molecule has 0 bridgehead atoms. The van der Waals surface area contributed by atoms with Crippen molar-refractivity contribution < 1.29 is 28.2 Å². The van der Waals surface area contributed by atoms with E-state index in [2.05, 4.69) is 4.74 Å². The number of methoxy groups -OCH3 is 1. The van der Waals surface area contributed by atoms with Gasteiger partial charge in [0.15, 0.2) is 0 Å². The van der Waals surface area contributed by atoms with Gasteiger partial charge in [-0.1, -0.05) is 41.9 Å². The molecule has 6 nitrogen and oxygen atoms in total. The zero-order valence-electron chi connectivity index (χ0n) is 16.3. The van der Waals surface area contributed by atoms with Crippen LogP contribution < -0.4 is 15.0 Å². The molecule has 2 aromatic carbocycles. The molecule has 31 heavy (non-hydrogen) atoms. The van der Waals surface area contributed by atoms with Crippen LogP contribution in [0.5, 0.6) is 11.5 Å². The highest BCUT2D eigenvalue weighted by Gasteiger charge is 2.24. The van der Waals surface area contributed by atoms with Crippen LogP contribution in [0.25, 0.3) is 11.1 Å². The Labute approximate surface area is 181 Å². The minimum Gasteiger partial charge on any atom is -0.495 e. The van der Waals surface area contributed by atoms with Gasteiger partial charge in [-0.25, -0.2) is 4.79 Å². The number of hydrogen-bond acceptors (Lipinski definition) is 4. The minimum atomic E-state index is -3.09. The number of pyridine rings is 1. The van der Waals surface area contributed by atoms with E-state index < -0.39 is 24.2 Å². The Bertz CT molecular complexity index is 1130. The highest BCUT2D eigenvalue weighted by atomic mass is 35.5. The smallest absolute Gasteiger partial charge is 0.387 e. The second-order valence-electron chi connectivity index (χ2n) is 6.56. The summed E-state index contributed by atoms with van der Waals surface area (Å²) in [7, 11) is 1.32. The SMILES string of the molecule is COc1cn(C(Cc2ccccc2)C(=O)O)c(=O)cc1-c1cc(Cl)ccc1OC(F)F. The molecule has 1 aromatic heterocycles. The van der Waals surface area contributed by atoms with E-state index in [1.54, 1.807) is 30.3 Å². The average Bonchev–Trinajstić information content (AvgIpc) is 2.73. The number of alkyl halides is 2. The number of rotatable bonds is 8. The molecule has 3 rings (SSSR count).